The zero-order valence-electron chi connectivity index (χ0n) is 9.14. The molecule has 0 saturated carbocycles. The average molecular weight is 288 g/mol. The molecule has 0 spiro atoms. The third-order valence-corrected chi connectivity index (χ3v) is 3.36. The molecule has 0 heterocycles. The van der Waals surface area contributed by atoms with Crippen LogP contribution >= 0.6 is 15.9 Å². The zero-order valence-corrected chi connectivity index (χ0v) is 10.7. The van der Waals surface area contributed by atoms with Crippen molar-refractivity contribution in [2.75, 3.05) is 12.4 Å². The van der Waals surface area contributed by atoms with Crippen LogP contribution in [-0.2, 0) is 0 Å². The molecule has 0 aliphatic heterocycles. The van der Waals surface area contributed by atoms with Crippen molar-refractivity contribution in [3.05, 3.63) is 23.8 Å². The van der Waals surface area contributed by atoms with Gasteiger partial charge in [-0.2, -0.15) is 0 Å². The first-order valence-electron chi connectivity index (χ1n) is 4.82. The predicted octanol–water partition coefficient (Wildman–Crippen LogP) is 1.95. The smallest absolute Gasteiger partial charge is 0.254 e. The highest BCUT2D eigenvalue weighted by atomic mass is 79.9. The topological polar surface area (TPSA) is 60.8 Å². The van der Waals surface area contributed by atoms with Gasteiger partial charge in [0.05, 0.1) is 0 Å². The van der Waals surface area contributed by atoms with E-state index in [2.05, 4.69) is 15.9 Å². The van der Waals surface area contributed by atoms with Crippen molar-refractivity contribution in [2.24, 2.45) is 0 Å². The van der Waals surface area contributed by atoms with Crippen LogP contribution < -0.4 is 0 Å². The van der Waals surface area contributed by atoms with Gasteiger partial charge in [-0.15, -0.1) is 0 Å². The average Bonchev–Trinajstić information content (AvgIpc) is 2.29. The summed E-state index contributed by atoms with van der Waals surface area (Å²) < 4.78 is 0. The minimum Gasteiger partial charge on any atom is -0.504 e. The lowest BCUT2D eigenvalue weighted by molar-refractivity contribution is 0.0757. The number of halogens is 1. The van der Waals surface area contributed by atoms with E-state index in [0.29, 0.717) is 10.9 Å². The molecular formula is C11H14BrNO3. The Morgan fingerprint density at radius 3 is 2.56 bits per heavy atom. The maximum absolute atomic E-state index is 11.9. The number of carbonyl (C=O) groups is 1. The van der Waals surface area contributed by atoms with Crippen molar-refractivity contribution in [3.8, 4) is 11.5 Å². The van der Waals surface area contributed by atoms with Gasteiger partial charge in [-0.3, -0.25) is 4.79 Å². The minimum atomic E-state index is -0.286. The van der Waals surface area contributed by atoms with Crippen LogP contribution in [0.15, 0.2) is 18.2 Å². The van der Waals surface area contributed by atoms with Crippen LogP contribution in [0.3, 0.4) is 0 Å². The summed E-state index contributed by atoms with van der Waals surface area (Å²) in [5.74, 6) is -0.708. The van der Waals surface area contributed by atoms with E-state index in [-0.39, 0.29) is 23.4 Å². The van der Waals surface area contributed by atoms with Crippen molar-refractivity contribution in [3.63, 3.8) is 0 Å². The summed E-state index contributed by atoms with van der Waals surface area (Å²) >= 11 is 3.30. The van der Waals surface area contributed by atoms with Crippen molar-refractivity contribution in [2.45, 2.75) is 13.0 Å². The molecule has 0 saturated heterocycles. The monoisotopic (exact) mass is 287 g/mol. The number of benzene rings is 1. The number of hydrogen-bond acceptors (Lipinski definition) is 3. The lowest BCUT2D eigenvalue weighted by Gasteiger charge is -2.23. The quantitative estimate of drug-likeness (QED) is 0.660. The number of alkyl halides is 1. The highest BCUT2D eigenvalue weighted by Gasteiger charge is 2.17. The first kappa shape index (κ1) is 12.8. The third-order valence-electron chi connectivity index (χ3n) is 2.43. The molecule has 1 unspecified atom stereocenters. The van der Waals surface area contributed by atoms with Crippen LogP contribution in [0.25, 0.3) is 0 Å². The van der Waals surface area contributed by atoms with Gasteiger partial charge in [0.25, 0.3) is 5.91 Å². The van der Waals surface area contributed by atoms with E-state index < -0.39 is 0 Å². The Bertz CT molecular complexity index is 395. The third kappa shape index (κ3) is 2.66. The van der Waals surface area contributed by atoms with Gasteiger partial charge in [0.2, 0.25) is 0 Å². The summed E-state index contributed by atoms with van der Waals surface area (Å²) in [5, 5.41) is 19.1. The van der Waals surface area contributed by atoms with Crippen LogP contribution in [0.4, 0.5) is 0 Å². The van der Waals surface area contributed by atoms with E-state index in [4.69, 9.17) is 5.11 Å². The number of aromatic hydroxyl groups is 2. The van der Waals surface area contributed by atoms with Crippen LogP contribution in [0.1, 0.15) is 17.3 Å². The Balaban J connectivity index is 2.92. The molecule has 4 nitrogen and oxygen atoms in total. The summed E-state index contributed by atoms with van der Waals surface area (Å²) in [6, 6.07) is 4.10. The lowest BCUT2D eigenvalue weighted by Crippen LogP contribution is -2.35. The highest BCUT2D eigenvalue weighted by Crippen LogP contribution is 2.25. The maximum Gasteiger partial charge on any atom is 0.254 e. The van der Waals surface area contributed by atoms with E-state index in [1.807, 2.05) is 6.92 Å². The SMILES string of the molecule is CC(CBr)N(C)C(=O)c1ccc(O)c(O)c1. The van der Waals surface area contributed by atoms with E-state index >= 15 is 0 Å². The van der Waals surface area contributed by atoms with Gasteiger partial charge < -0.3 is 15.1 Å². The summed E-state index contributed by atoms with van der Waals surface area (Å²) in [7, 11) is 1.69. The molecule has 16 heavy (non-hydrogen) atoms. The van der Waals surface area contributed by atoms with E-state index in [1.54, 1.807) is 11.9 Å². The van der Waals surface area contributed by atoms with Crippen molar-refractivity contribution < 1.29 is 15.0 Å². The van der Waals surface area contributed by atoms with Gasteiger partial charge >= 0.3 is 0 Å². The summed E-state index contributed by atoms with van der Waals surface area (Å²) in [5.41, 5.74) is 0.352. The van der Waals surface area contributed by atoms with Crippen LogP contribution in [0.2, 0.25) is 0 Å². The van der Waals surface area contributed by atoms with Gasteiger partial charge in [-0.1, -0.05) is 15.9 Å². The molecule has 0 bridgehead atoms. The van der Waals surface area contributed by atoms with Crippen LogP contribution in [-0.4, -0.2) is 39.4 Å². The van der Waals surface area contributed by atoms with Gasteiger partial charge in [0.15, 0.2) is 11.5 Å². The van der Waals surface area contributed by atoms with Crippen molar-refractivity contribution >= 4 is 21.8 Å². The Kier molecular flexibility index (Phi) is 4.18. The molecule has 1 aromatic carbocycles. The predicted molar refractivity (Wildman–Crippen MR) is 65.1 cm³/mol. The second kappa shape index (κ2) is 5.21. The fourth-order valence-corrected chi connectivity index (χ4v) is 1.60. The van der Waals surface area contributed by atoms with Crippen LogP contribution in [0.5, 0.6) is 11.5 Å². The van der Waals surface area contributed by atoms with Crippen LogP contribution in [0, 0.1) is 0 Å². The molecule has 0 fully saturated rings. The molecular weight excluding hydrogens is 274 g/mol. The number of nitrogens with zero attached hydrogens (tertiary/aromatic N) is 1. The van der Waals surface area contributed by atoms with E-state index in [0.717, 1.165) is 0 Å². The summed E-state index contributed by atoms with van der Waals surface area (Å²) in [6.07, 6.45) is 0. The number of phenols is 2. The molecule has 0 aliphatic rings. The van der Waals surface area contributed by atoms with Crippen molar-refractivity contribution in [1.29, 1.82) is 0 Å². The largest absolute Gasteiger partial charge is 0.504 e. The fraction of sp³-hybridized carbons (Fsp3) is 0.364. The molecule has 0 aliphatic carbocycles. The number of phenolic OH excluding ortho intramolecular Hbond substituents is 2. The first-order chi connectivity index (χ1) is 7.47. The Hall–Kier alpha value is -1.23. The molecule has 1 atom stereocenters. The maximum atomic E-state index is 11.9. The van der Waals surface area contributed by atoms with Gasteiger partial charge in [-0.25, -0.2) is 0 Å². The standard InChI is InChI=1S/C11H14BrNO3/c1-7(6-12)13(2)11(16)8-3-4-9(14)10(15)5-8/h3-5,7,14-15H,6H2,1-2H3. The fourth-order valence-electron chi connectivity index (χ4n) is 1.16. The lowest BCUT2D eigenvalue weighted by atomic mass is 10.1. The summed E-state index contributed by atoms with van der Waals surface area (Å²) in [6.45, 7) is 1.91. The molecule has 0 aromatic heterocycles. The molecule has 2 N–H and O–H groups in total. The number of hydrogen-bond donors (Lipinski definition) is 2. The van der Waals surface area contributed by atoms with E-state index in [9.17, 15) is 9.90 Å². The second-order valence-electron chi connectivity index (χ2n) is 3.62. The molecule has 5 heteroatoms. The molecule has 1 rings (SSSR count). The Morgan fingerprint density at radius 1 is 1.44 bits per heavy atom. The van der Waals surface area contributed by atoms with Gasteiger partial charge in [0.1, 0.15) is 0 Å². The number of carbonyl (C=O) groups excluding carboxylic acids is 1. The normalized spacial score (nSPS) is 12.2. The second-order valence-corrected chi connectivity index (χ2v) is 4.27. The molecule has 88 valence electrons. The Morgan fingerprint density at radius 2 is 2.06 bits per heavy atom. The zero-order chi connectivity index (χ0) is 12.3. The first-order valence-corrected chi connectivity index (χ1v) is 5.94. The summed E-state index contributed by atoms with van der Waals surface area (Å²) in [4.78, 5) is 13.5. The molecule has 1 aromatic rings. The Labute approximate surface area is 103 Å². The van der Waals surface area contributed by atoms with Gasteiger partial charge in [-0.05, 0) is 25.1 Å². The van der Waals surface area contributed by atoms with Crippen molar-refractivity contribution in [1.82, 2.24) is 4.90 Å². The molecule has 1 amide bonds. The number of rotatable bonds is 3. The van der Waals surface area contributed by atoms with Gasteiger partial charge in [0, 0.05) is 24.0 Å². The molecule has 0 radical (unpaired) electrons. The van der Waals surface area contributed by atoms with E-state index in [1.165, 1.54) is 18.2 Å². The highest BCUT2D eigenvalue weighted by molar-refractivity contribution is 9.09. The minimum absolute atomic E-state index is 0.0587. The number of amides is 1.